The van der Waals surface area contributed by atoms with Crippen LogP contribution in [0.2, 0.25) is 0 Å². The summed E-state index contributed by atoms with van der Waals surface area (Å²) in [4.78, 5) is 47.7. The van der Waals surface area contributed by atoms with E-state index in [9.17, 15) is 24.5 Å². The number of hydrogen-bond acceptors (Lipinski definition) is 7. The first-order chi connectivity index (χ1) is 13.1. The zero-order valence-electron chi connectivity index (χ0n) is 17.6. The molecule has 160 valence electrons. The van der Waals surface area contributed by atoms with Gasteiger partial charge in [0, 0.05) is 12.1 Å². The molecular weight excluding hydrogens is 382 g/mol. The molecule has 0 aliphatic rings. The SMILES string of the molecule is CC(C)(C)OC(=O)NN(C(=O)OC(C)(C)C)[C@](C)(C=O)c1cccc([N+](=O)[O-])c1. The van der Waals surface area contributed by atoms with E-state index in [0.717, 1.165) is 6.07 Å². The van der Waals surface area contributed by atoms with E-state index in [0.29, 0.717) is 11.3 Å². The smallest absolute Gasteiger partial charge is 0.430 e. The third kappa shape index (κ3) is 6.74. The monoisotopic (exact) mass is 409 g/mol. The van der Waals surface area contributed by atoms with Gasteiger partial charge in [0.1, 0.15) is 16.7 Å². The number of hydrazine groups is 1. The maximum absolute atomic E-state index is 12.8. The van der Waals surface area contributed by atoms with Gasteiger partial charge in [-0.3, -0.25) is 10.1 Å². The van der Waals surface area contributed by atoms with Crippen molar-refractivity contribution in [2.45, 2.75) is 65.2 Å². The predicted molar refractivity (Wildman–Crippen MR) is 104 cm³/mol. The molecule has 1 atom stereocenters. The van der Waals surface area contributed by atoms with E-state index in [1.54, 1.807) is 41.5 Å². The normalized spacial score (nSPS) is 13.6. The first-order valence-electron chi connectivity index (χ1n) is 8.83. The van der Waals surface area contributed by atoms with Crippen molar-refractivity contribution in [3.8, 4) is 0 Å². The number of carbonyl (C=O) groups is 3. The highest BCUT2D eigenvalue weighted by Gasteiger charge is 2.42. The summed E-state index contributed by atoms with van der Waals surface area (Å²) in [6.07, 6.45) is -1.65. The molecule has 1 aromatic rings. The van der Waals surface area contributed by atoms with Gasteiger partial charge in [-0.05, 0) is 54.0 Å². The molecule has 1 N–H and O–H groups in total. The van der Waals surface area contributed by atoms with Gasteiger partial charge in [0.05, 0.1) is 4.92 Å². The van der Waals surface area contributed by atoms with Gasteiger partial charge in [0.25, 0.3) is 5.69 Å². The number of carbonyl (C=O) groups excluding carboxylic acids is 3. The van der Waals surface area contributed by atoms with Gasteiger partial charge < -0.3 is 14.3 Å². The first-order valence-corrected chi connectivity index (χ1v) is 8.83. The van der Waals surface area contributed by atoms with Gasteiger partial charge in [-0.1, -0.05) is 12.1 Å². The number of hydrogen-bond donors (Lipinski definition) is 1. The van der Waals surface area contributed by atoms with Crippen molar-refractivity contribution in [3.05, 3.63) is 39.9 Å². The minimum Gasteiger partial charge on any atom is -0.443 e. The van der Waals surface area contributed by atoms with Crippen LogP contribution in [0.4, 0.5) is 15.3 Å². The number of non-ortho nitro benzene ring substituents is 1. The van der Waals surface area contributed by atoms with Crippen LogP contribution < -0.4 is 5.43 Å². The van der Waals surface area contributed by atoms with Crippen LogP contribution in [0.15, 0.2) is 24.3 Å². The van der Waals surface area contributed by atoms with Crippen molar-refractivity contribution < 1.29 is 28.8 Å². The van der Waals surface area contributed by atoms with Crippen molar-refractivity contribution in [2.75, 3.05) is 0 Å². The Bertz CT molecular complexity index is 796. The zero-order chi connectivity index (χ0) is 22.6. The Kier molecular flexibility index (Phi) is 6.96. The molecule has 0 aliphatic heterocycles. The van der Waals surface area contributed by atoms with Gasteiger partial charge in [-0.15, -0.1) is 0 Å². The fourth-order valence-corrected chi connectivity index (χ4v) is 2.24. The summed E-state index contributed by atoms with van der Waals surface area (Å²) >= 11 is 0. The van der Waals surface area contributed by atoms with Gasteiger partial charge in [0.2, 0.25) is 0 Å². The number of nitrogens with one attached hydrogen (secondary N) is 1. The topological polar surface area (TPSA) is 128 Å². The van der Waals surface area contributed by atoms with Crippen molar-refractivity contribution >= 4 is 24.2 Å². The van der Waals surface area contributed by atoms with Crippen molar-refractivity contribution in [1.29, 1.82) is 0 Å². The molecule has 0 heterocycles. The molecule has 2 amide bonds. The van der Waals surface area contributed by atoms with Gasteiger partial charge in [-0.2, -0.15) is 5.01 Å². The number of aldehydes is 1. The number of nitrogens with zero attached hydrogens (tertiary/aromatic N) is 2. The molecule has 0 saturated carbocycles. The van der Waals surface area contributed by atoms with Crippen LogP contribution in [-0.4, -0.2) is 39.6 Å². The Labute approximate surface area is 169 Å². The van der Waals surface area contributed by atoms with Crippen molar-refractivity contribution in [2.24, 2.45) is 0 Å². The molecule has 0 aromatic heterocycles. The maximum Gasteiger partial charge on any atom is 0.430 e. The van der Waals surface area contributed by atoms with E-state index in [1.165, 1.54) is 25.1 Å². The van der Waals surface area contributed by atoms with E-state index in [4.69, 9.17) is 9.47 Å². The number of benzene rings is 1. The molecule has 10 nitrogen and oxygen atoms in total. The lowest BCUT2D eigenvalue weighted by Crippen LogP contribution is -2.59. The van der Waals surface area contributed by atoms with E-state index in [-0.39, 0.29) is 11.3 Å². The Balaban J connectivity index is 3.44. The third-order valence-corrected chi connectivity index (χ3v) is 3.51. The first kappa shape index (κ1) is 23.9. The molecule has 0 fully saturated rings. The summed E-state index contributed by atoms with van der Waals surface area (Å²) < 4.78 is 10.5. The number of nitro groups is 1. The minimum atomic E-state index is -1.81. The summed E-state index contributed by atoms with van der Waals surface area (Å²) in [6, 6.07) is 5.18. The lowest BCUT2D eigenvalue weighted by molar-refractivity contribution is -0.385. The summed E-state index contributed by atoms with van der Waals surface area (Å²) in [7, 11) is 0. The van der Waals surface area contributed by atoms with Crippen molar-refractivity contribution in [1.82, 2.24) is 10.4 Å². The average molecular weight is 409 g/mol. The van der Waals surface area contributed by atoms with E-state index in [1.807, 2.05) is 0 Å². The highest BCUT2D eigenvalue weighted by molar-refractivity contribution is 5.81. The summed E-state index contributed by atoms with van der Waals surface area (Å²) in [5, 5.41) is 11.8. The number of amides is 2. The lowest BCUT2D eigenvalue weighted by Gasteiger charge is -2.38. The Morgan fingerprint density at radius 3 is 2.07 bits per heavy atom. The average Bonchev–Trinajstić information content (AvgIpc) is 2.56. The third-order valence-electron chi connectivity index (χ3n) is 3.51. The zero-order valence-corrected chi connectivity index (χ0v) is 17.6. The highest BCUT2D eigenvalue weighted by atomic mass is 16.6. The molecule has 0 saturated heterocycles. The Morgan fingerprint density at radius 2 is 1.62 bits per heavy atom. The van der Waals surface area contributed by atoms with Crippen LogP contribution in [-0.2, 0) is 19.8 Å². The number of nitro benzene ring substituents is 1. The van der Waals surface area contributed by atoms with Gasteiger partial charge in [-0.25, -0.2) is 15.0 Å². The molecule has 0 unspecified atom stereocenters. The minimum absolute atomic E-state index is 0.101. The molecule has 29 heavy (non-hydrogen) atoms. The van der Waals surface area contributed by atoms with Crippen LogP contribution in [0.25, 0.3) is 0 Å². The van der Waals surface area contributed by atoms with Crippen LogP contribution in [0, 0.1) is 10.1 Å². The molecule has 10 heteroatoms. The van der Waals surface area contributed by atoms with E-state index >= 15 is 0 Å². The second-order valence-corrected chi connectivity index (χ2v) is 8.50. The van der Waals surface area contributed by atoms with Crippen LogP contribution in [0.5, 0.6) is 0 Å². The van der Waals surface area contributed by atoms with Crippen molar-refractivity contribution in [3.63, 3.8) is 0 Å². The summed E-state index contributed by atoms with van der Waals surface area (Å²) in [6.45, 7) is 11.0. The summed E-state index contributed by atoms with van der Waals surface area (Å²) in [5.41, 5.74) is -1.56. The lowest BCUT2D eigenvalue weighted by atomic mass is 9.92. The largest absolute Gasteiger partial charge is 0.443 e. The van der Waals surface area contributed by atoms with E-state index in [2.05, 4.69) is 5.43 Å². The molecule has 1 aromatic carbocycles. The quantitative estimate of drug-likeness (QED) is 0.456. The predicted octanol–water partition coefficient (Wildman–Crippen LogP) is 3.69. The maximum atomic E-state index is 12.8. The highest BCUT2D eigenvalue weighted by Crippen LogP contribution is 2.29. The summed E-state index contributed by atoms with van der Waals surface area (Å²) in [5.74, 6) is 0. The molecular formula is C19H27N3O7. The second kappa shape index (κ2) is 8.46. The number of ether oxygens (including phenoxy) is 2. The van der Waals surface area contributed by atoms with Gasteiger partial charge >= 0.3 is 12.2 Å². The Hall–Kier alpha value is -3.17. The van der Waals surface area contributed by atoms with Crippen LogP contribution >= 0.6 is 0 Å². The second-order valence-electron chi connectivity index (χ2n) is 8.50. The fraction of sp³-hybridized carbons (Fsp3) is 0.526. The Morgan fingerprint density at radius 1 is 1.07 bits per heavy atom. The molecule has 1 rings (SSSR count). The van der Waals surface area contributed by atoms with Gasteiger partial charge in [0.15, 0.2) is 6.29 Å². The molecule has 0 radical (unpaired) electrons. The standard InChI is InChI=1S/C19H27N3O7/c1-17(2,3)28-15(24)20-21(16(25)29-18(4,5)6)19(7,12-23)13-9-8-10-14(11-13)22(26)27/h8-12H,1-7H3,(H,20,24)/t19-/m1/s1. The fourth-order valence-electron chi connectivity index (χ4n) is 2.24. The number of rotatable bonds is 4. The molecule has 0 aliphatic carbocycles. The van der Waals surface area contributed by atoms with Crippen LogP contribution in [0.3, 0.4) is 0 Å². The van der Waals surface area contributed by atoms with E-state index < -0.39 is 33.9 Å². The molecule has 0 spiro atoms. The van der Waals surface area contributed by atoms with Crippen LogP contribution in [0.1, 0.15) is 54.0 Å². The molecule has 0 bridgehead atoms.